The van der Waals surface area contributed by atoms with E-state index in [1.165, 1.54) is 0 Å². The number of anilines is 2. The molecule has 0 bridgehead atoms. The van der Waals surface area contributed by atoms with Crippen molar-refractivity contribution in [2.45, 2.75) is 6.92 Å². The Kier molecular flexibility index (Phi) is 4.12. The van der Waals surface area contributed by atoms with Crippen molar-refractivity contribution in [2.75, 3.05) is 11.1 Å². The third kappa shape index (κ3) is 3.28. The fraction of sp³-hybridized carbons (Fsp3) is 0.0714. The Labute approximate surface area is 124 Å². The summed E-state index contributed by atoms with van der Waals surface area (Å²) < 4.78 is 0.776. The van der Waals surface area contributed by atoms with Crippen LogP contribution >= 0.6 is 27.5 Å². The summed E-state index contributed by atoms with van der Waals surface area (Å²) in [4.78, 5) is 12.2. The third-order valence-electron chi connectivity index (χ3n) is 2.67. The molecule has 5 heteroatoms. The molecule has 19 heavy (non-hydrogen) atoms. The van der Waals surface area contributed by atoms with Crippen LogP contribution in [0.5, 0.6) is 0 Å². The van der Waals surface area contributed by atoms with E-state index in [2.05, 4.69) is 21.2 Å². The van der Waals surface area contributed by atoms with E-state index >= 15 is 0 Å². The van der Waals surface area contributed by atoms with Crippen molar-refractivity contribution in [1.82, 2.24) is 0 Å². The first-order chi connectivity index (χ1) is 8.97. The van der Waals surface area contributed by atoms with Crippen LogP contribution < -0.4 is 11.1 Å². The minimum absolute atomic E-state index is 0.194. The first kappa shape index (κ1) is 13.9. The maximum atomic E-state index is 12.2. The highest BCUT2D eigenvalue weighted by Gasteiger charge is 2.11. The summed E-state index contributed by atoms with van der Waals surface area (Å²) in [6.45, 7) is 1.85. The zero-order chi connectivity index (χ0) is 14.0. The summed E-state index contributed by atoms with van der Waals surface area (Å²) in [5, 5.41) is 3.38. The van der Waals surface area contributed by atoms with E-state index in [-0.39, 0.29) is 5.91 Å². The van der Waals surface area contributed by atoms with Gasteiger partial charge in [-0.2, -0.15) is 0 Å². The van der Waals surface area contributed by atoms with Crippen LogP contribution in [-0.4, -0.2) is 5.91 Å². The third-order valence-corrected chi connectivity index (χ3v) is 3.60. The lowest BCUT2D eigenvalue weighted by molar-refractivity contribution is 0.102. The molecule has 2 rings (SSSR count). The molecule has 0 fully saturated rings. The summed E-state index contributed by atoms with van der Waals surface area (Å²) in [6.07, 6.45) is 0. The Morgan fingerprint density at radius 3 is 2.68 bits per heavy atom. The molecule has 0 unspecified atom stereocenters. The van der Waals surface area contributed by atoms with Crippen molar-refractivity contribution in [2.24, 2.45) is 0 Å². The summed E-state index contributed by atoms with van der Waals surface area (Å²) in [5.74, 6) is -0.194. The zero-order valence-electron chi connectivity index (χ0n) is 10.2. The minimum Gasteiger partial charge on any atom is -0.399 e. The molecule has 0 aliphatic rings. The van der Waals surface area contributed by atoms with Crippen molar-refractivity contribution >= 4 is 44.8 Å². The smallest absolute Gasteiger partial charge is 0.255 e. The number of carbonyl (C=O) groups excluding carboxylic acids is 1. The zero-order valence-corrected chi connectivity index (χ0v) is 12.5. The molecule has 2 aromatic rings. The van der Waals surface area contributed by atoms with Gasteiger partial charge in [0.2, 0.25) is 0 Å². The molecule has 0 radical (unpaired) electrons. The average Bonchev–Trinajstić information content (AvgIpc) is 2.33. The van der Waals surface area contributed by atoms with Crippen LogP contribution in [0.25, 0.3) is 0 Å². The molecule has 0 atom stereocenters. The molecule has 0 aliphatic heterocycles. The van der Waals surface area contributed by atoms with Gasteiger partial charge in [0.15, 0.2) is 0 Å². The molecule has 0 saturated heterocycles. The van der Waals surface area contributed by atoms with E-state index in [9.17, 15) is 4.79 Å². The second-order valence-electron chi connectivity index (χ2n) is 4.15. The number of halogens is 2. The van der Waals surface area contributed by atoms with Gasteiger partial charge in [-0.25, -0.2) is 0 Å². The minimum atomic E-state index is -0.194. The largest absolute Gasteiger partial charge is 0.399 e. The second kappa shape index (κ2) is 5.63. The standard InChI is InChI=1S/C14H12BrClN2O/c1-8-6-10(17)3-4-11(8)14(19)18-13-7-9(16)2-5-12(13)15/h2-7H,17H2,1H3,(H,18,19). The van der Waals surface area contributed by atoms with Gasteiger partial charge in [0.25, 0.3) is 5.91 Å². The first-order valence-corrected chi connectivity index (χ1v) is 6.77. The lowest BCUT2D eigenvalue weighted by atomic mass is 10.1. The van der Waals surface area contributed by atoms with Crippen LogP contribution in [0.15, 0.2) is 40.9 Å². The van der Waals surface area contributed by atoms with Crippen LogP contribution in [0.2, 0.25) is 5.02 Å². The summed E-state index contributed by atoms with van der Waals surface area (Å²) in [7, 11) is 0. The molecule has 3 N–H and O–H groups in total. The number of hydrogen-bond acceptors (Lipinski definition) is 2. The van der Waals surface area contributed by atoms with Gasteiger partial charge in [0.05, 0.1) is 5.69 Å². The summed E-state index contributed by atoms with van der Waals surface area (Å²) in [5.41, 5.74) is 8.35. The van der Waals surface area contributed by atoms with E-state index in [4.69, 9.17) is 17.3 Å². The molecule has 3 nitrogen and oxygen atoms in total. The van der Waals surface area contributed by atoms with E-state index in [1.807, 2.05) is 6.92 Å². The molecule has 0 saturated carbocycles. The number of amides is 1. The monoisotopic (exact) mass is 338 g/mol. The predicted molar refractivity (Wildman–Crippen MR) is 82.7 cm³/mol. The van der Waals surface area contributed by atoms with Gasteiger partial charge in [0.1, 0.15) is 0 Å². The van der Waals surface area contributed by atoms with Crippen molar-refractivity contribution < 1.29 is 4.79 Å². The van der Waals surface area contributed by atoms with Gasteiger partial charge in [-0.15, -0.1) is 0 Å². The van der Waals surface area contributed by atoms with Crippen molar-refractivity contribution in [3.63, 3.8) is 0 Å². The Morgan fingerprint density at radius 1 is 1.26 bits per heavy atom. The topological polar surface area (TPSA) is 55.1 Å². The van der Waals surface area contributed by atoms with E-state index in [0.717, 1.165) is 10.0 Å². The van der Waals surface area contributed by atoms with Crippen LogP contribution in [0.1, 0.15) is 15.9 Å². The van der Waals surface area contributed by atoms with Gasteiger partial charge in [-0.3, -0.25) is 4.79 Å². The maximum Gasteiger partial charge on any atom is 0.255 e. The fourth-order valence-electron chi connectivity index (χ4n) is 1.72. The summed E-state index contributed by atoms with van der Waals surface area (Å²) >= 11 is 9.28. The number of carbonyl (C=O) groups is 1. The van der Waals surface area contributed by atoms with Gasteiger partial charge < -0.3 is 11.1 Å². The number of rotatable bonds is 2. The van der Waals surface area contributed by atoms with Gasteiger partial charge in [-0.1, -0.05) is 11.6 Å². The first-order valence-electron chi connectivity index (χ1n) is 5.60. The molecule has 1 amide bonds. The van der Waals surface area contributed by atoms with Crippen LogP contribution in [-0.2, 0) is 0 Å². The molecule has 0 heterocycles. The Morgan fingerprint density at radius 2 is 2.00 bits per heavy atom. The van der Waals surface area contributed by atoms with E-state index in [0.29, 0.717) is 22.0 Å². The molecular formula is C14H12BrClN2O. The normalized spacial score (nSPS) is 10.3. The van der Waals surface area contributed by atoms with Crippen molar-refractivity contribution in [3.05, 3.63) is 57.0 Å². The predicted octanol–water partition coefficient (Wildman–Crippen LogP) is 4.25. The van der Waals surface area contributed by atoms with Crippen LogP contribution in [0.3, 0.4) is 0 Å². The second-order valence-corrected chi connectivity index (χ2v) is 5.44. The van der Waals surface area contributed by atoms with Crippen LogP contribution in [0, 0.1) is 6.92 Å². The van der Waals surface area contributed by atoms with Crippen molar-refractivity contribution in [3.8, 4) is 0 Å². The Bertz CT molecular complexity index is 643. The number of benzene rings is 2. The van der Waals surface area contributed by atoms with E-state index < -0.39 is 0 Å². The maximum absolute atomic E-state index is 12.2. The Balaban J connectivity index is 2.28. The average molecular weight is 340 g/mol. The van der Waals surface area contributed by atoms with Crippen molar-refractivity contribution in [1.29, 1.82) is 0 Å². The number of nitrogens with two attached hydrogens (primary N) is 1. The molecule has 0 aromatic heterocycles. The molecule has 0 spiro atoms. The molecule has 2 aromatic carbocycles. The number of hydrogen-bond donors (Lipinski definition) is 2. The highest BCUT2D eigenvalue weighted by atomic mass is 79.9. The highest BCUT2D eigenvalue weighted by molar-refractivity contribution is 9.10. The SMILES string of the molecule is Cc1cc(N)ccc1C(=O)Nc1cc(Cl)ccc1Br. The molecule has 0 aliphatic carbocycles. The summed E-state index contributed by atoms with van der Waals surface area (Å²) in [6, 6.07) is 10.4. The molecule has 98 valence electrons. The fourth-order valence-corrected chi connectivity index (χ4v) is 2.24. The van der Waals surface area contributed by atoms with Gasteiger partial charge >= 0.3 is 0 Å². The molecular weight excluding hydrogens is 328 g/mol. The highest BCUT2D eigenvalue weighted by Crippen LogP contribution is 2.26. The van der Waals surface area contributed by atoms with Gasteiger partial charge in [-0.05, 0) is 64.8 Å². The Hall–Kier alpha value is -1.52. The van der Waals surface area contributed by atoms with E-state index in [1.54, 1.807) is 36.4 Å². The number of aryl methyl sites for hydroxylation is 1. The number of nitrogens with one attached hydrogen (secondary N) is 1. The lowest BCUT2D eigenvalue weighted by Crippen LogP contribution is -2.13. The number of nitrogen functional groups attached to an aromatic ring is 1. The quantitative estimate of drug-likeness (QED) is 0.804. The van der Waals surface area contributed by atoms with Crippen LogP contribution in [0.4, 0.5) is 11.4 Å². The lowest BCUT2D eigenvalue weighted by Gasteiger charge is -2.10. The van der Waals surface area contributed by atoms with Gasteiger partial charge in [0, 0.05) is 20.7 Å².